The summed E-state index contributed by atoms with van der Waals surface area (Å²) in [6, 6.07) is 4.99. The zero-order valence-electron chi connectivity index (χ0n) is 15.5. The molecule has 0 aromatic carbocycles. The number of likely N-dealkylation sites (tertiary alicyclic amines) is 1. The highest BCUT2D eigenvalue weighted by atomic mass is 127. The van der Waals surface area contributed by atoms with Crippen LogP contribution in [-0.2, 0) is 6.54 Å². The van der Waals surface area contributed by atoms with Gasteiger partial charge in [-0.25, -0.2) is 4.99 Å². The SMILES string of the molecule is CCNC(=NCc1ccc(C)s1)NCC1CCCN(C(C)C)C1.I. The van der Waals surface area contributed by atoms with Crippen LogP contribution in [0, 0.1) is 12.8 Å². The molecule has 2 rings (SSSR count). The summed E-state index contributed by atoms with van der Waals surface area (Å²) in [4.78, 5) is 9.99. The molecule has 138 valence electrons. The van der Waals surface area contributed by atoms with Gasteiger partial charge in [0, 0.05) is 35.4 Å². The van der Waals surface area contributed by atoms with E-state index in [9.17, 15) is 0 Å². The molecule has 1 saturated heterocycles. The van der Waals surface area contributed by atoms with E-state index in [0.29, 0.717) is 6.04 Å². The number of aryl methyl sites for hydroxylation is 1. The standard InChI is InChI=1S/C18H32N4S.HI/c1-5-19-18(21-12-17-9-8-15(4)23-17)20-11-16-7-6-10-22(13-16)14(2)3;/h8-9,14,16H,5-7,10-13H2,1-4H3,(H2,19,20,21);1H. The van der Waals surface area contributed by atoms with Crippen LogP contribution in [0.1, 0.15) is 43.4 Å². The number of rotatable bonds is 6. The maximum Gasteiger partial charge on any atom is 0.191 e. The second-order valence-electron chi connectivity index (χ2n) is 6.69. The van der Waals surface area contributed by atoms with Crippen LogP contribution in [0.15, 0.2) is 17.1 Å². The van der Waals surface area contributed by atoms with Crippen molar-refractivity contribution in [1.29, 1.82) is 0 Å². The Balaban J connectivity index is 0.00000288. The van der Waals surface area contributed by atoms with E-state index >= 15 is 0 Å². The van der Waals surface area contributed by atoms with Crippen LogP contribution in [-0.4, -0.2) is 43.1 Å². The molecule has 0 radical (unpaired) electrons. The maximum atomic E-state index is 4.73. The highest BCUT2D eigenvalue weighted by Crippen LogP contribution is 2.18. The molecule has 1 aromatic rings. The molecule has 0 spiro atoms. The molecule has 24 heavy (non-hydrogen) atoms. The van der Waals surface area contributed by atoms with Gasteiger partial charge in [0.1, 0.15) is 0 Å². The number of hydrogen-bond donors (Lipinski definition) is 2. The number of piperidine rings is 1. The molecule has 1 aliphatic rings. The van der Waals surface area contributed by atoms with Crippen LogP contribution in [0.2, 0.25) is 0 Å². The van der Waals surface area contributed by atoms with Crippen molar-refractivity contribution in [2.45, 2.75) is 53.1 Å². The molecule has 2 N–H and O–H groups in total. The molecule has 1 unspecified atom stereocenters. The van der Waals surface area contributed by atoms with E-state index in [2.05, 4.69) is 55.4 Å². The van der Waals surface area contributed by atoms with Crippen molar-refractivity contribution in [3.05, 3.63) is 21.9 Å². The van der Waals surface area contributed by atoms with Crippen LogP contribution in [0.5, 0.6) is 0 Å². The number of halogens is 1. The van der Waals surface area contributed by atoms with Crippen molar-refractivity contribution in [2.24, 2.45) is 10.9 Å². The Bertz CT molecular complexity index is 501. The van der Waals surface area contributed by atoms with Gasteiger partial charge in [0.25, 0.3) is 0 Å². The fraction of sp³-hybridized carbons (Fsp3) is 0.722. The van der Waals surface area contributed by atoms with Crippen LogP contribution in [0.4, 0.5) is 0 Å². The Morgan fingerprint density at radius 2 is 2.17 bits per heavy atom. The second-order valence-corrected chi connectivity index (χ2v) is 8.06. The maximum absolute atomic E-state index is 4.73. The lowest BCUT2D eigenvalue weighted by Gasteiger charge is -2.35. The average molecular weight is 464 g/mol. The van der Waals surface area contributed by atoms with Crippen molar-refractivity contribution in [3.63, 3.8) is 0 Å². The summed E-state index contributed by atoms with van der Waals surface area (Å²) in [5.74, 6) is 1.67. The fourth-order valence-electron chi connectivity index (χ4n) is 3.04. The van der Waals surface area contributed by atoms with E-state index in [0.717, 1.165) is 31.5 Å². The van der Waals surface area contributed by atoms with Gasteiger partial charge < -0.3 is 15.5 Å². The predicted molar refractivity (Wildman–Crippen MR) is 117 cm³/mol. The zero-order valence-corrected chi connectivity index (χ0v) is 18.6. The summed E-state index contributed by atoms with van der Waals surface area (Å²) in [5, 5.41) is 6.91. The first kappa shape index (κ1) is 21.7. The molecule has 4 nitrogen and oxygen atoms in total. The molecule has 0 aliphatic carbocycles. The van der Waals surface area contributed by atoms with Gasteiger partial charge in [-0.3, -0.25) is 0 Å². The van der Waals surface area contributed by atoms with Gasteiger partial charge in [-0.2, -0.15) is 0 Å². The lowest BCUT2D eigenvalue weighted by Crippen LogP contribution is -2.46. The predicted octanol–water partition coefficient (Wildman–Crippen LogP) is 3.85. The molecule has 1 atom stereocenters. The Hall–Kier alpha value is -0.340. The van der Waals surface area contributed by atoms with Gasteiger partial charge in [-0.1, -0.05) is 0 Å². The van der Waals surface area contributed by atoms with E-state index < -0.39 is 0 Å². The molecule has 1 fully saturated rings. The molecule has 1 aromatic heterocycles. The van der Waals surface area contributed by atoms with E-state index in [4.69, 9.17) is 4.99 Å². The fourth-order valence-corrected chi connectivity index (χ4v) is 3.86. The third kappa shape index (κ3) is 7.27. The summed E-state index contributed by atoms with van der Waals surface area (Å²) in [6.07, 6.45) is 2.63. The van der Waals surface area contributed by atoms with Crippen LogP contribution in [0.25, 0.3) is 0 Å². The quantitative estimate of drug-likeness (QED) is 0.382. The number of guanidine groups is 1. The van der Waals surface area contributed by atoms with Gasteiger partial charge in [-0.15, -0.1) is 35.3 Å². The number of nitrogens with one attached hydrogen (secondary N) is 2. The topological polar surface area (TPSA) is 39.7 Å². The van der Waals surface area contributed by atoms with Crippen molar-refractivity contribution < 1.29 is 0 Å². The molecular formula is C18H33IN4S. The van der Waals surface area contributed by atoms with E-state index in [1.165, 1.54) is 35.7 Å². The van der Waals surface area contributed by atoms with Crippen molar-refractivity contribution in [3.8, 4) is 0 Å². The molecule has 6 heteroatoms. The summed E-state index contributed by atoms with van der Waals surface area (Å²) in [6.45, 7) is 14.0. The number of thiophene rings is 1. The van der Waals surface area contributed by atoms with Gasteiger partial charge >= 0.3 is 0 Å². The summed E-state index contributed by atoms with van der Waals surface area (Å²) < 4.78 is 0. The number of nitrogens with zero attached hydrogens (tertiary/aromatic N) is 2. The minimum Gasteiger partial charge on any atom is -0.357 e. The summed E-state index contributed by atoms with van der Waals surface area (Å²) >= 11 is 1.83. The first-order valence-corrected chi connectivity index (χ1v) is 9.71. The number of aliphatic imine (C=N–C) groups is 1. The largest absolute Gasteiger partial charge is 0.357 e. The van der Waals surface area contributed by atoms with E-state index in [1.54, 1.807) is 0 Å². The van der Waals surface area contributed by atoms with Crippen LogP contribution in [0.3, 0.4) is 0 Å². The average Bonchev–Trinajstić information content (AvgIpc) is 2.96. The normalized spacial score (nSPS) is 19.2. The number of hydrogen-bond acceptors (Lipinski definition) is 3. The molecule has 1 aliphatic heterocycles. The van der Waals surface area contributed by atoms with E-state index in [1.807, 2.05) is 11.3 Å². The third-order valence-electron chi connectivity index (χ3n) is 4.37. The Kier molecular flexibility index (Phi) is 10.2. The first-order chi connectivity index (χ1) is 11.1. The highest BCUT2D eigenvalue weighted by molar-refractivity contribution is 14.0. The molecular weight excluding hydrogens is 431 g/mol. The third-order valence-corrected chi connectivity index (χ3v) is 5.36. The lowest BCUT2D eigenvalue weighted by atomic mass is 9.97. The lowest BCUT2D eigenvalue weighted by molar-refractivity contribution is 0.141. The minimum atomic E-state index is 0. The molecule has 0 saturated carbocycles. The smallest absolute Gasteiger partial charge is 0.191 e. The molecule has 0 amide bonds. The van der Waals surface area contributed by atoms with Crippen LogP contribution >= 0.6 is 35.3 Å². The second kappa shape index (κ2) is 11.3. The molecule has 2 heterocycles. The zero-order chi connectivity index (χ0) is 16.7. The summed E-state index contributed by atoms with van der Waals surface area (Å²) in [5.41, 5.74) is 0. The van der Waals surface area contributed by atoms with E-state index in [-0.39, 0.29) is 24.0 Å². The Labute approximate surface area is 168 Å². The van der Waals surface area contributed by atoms with Gasteiger partial charge in [0.2, 0.25) is 0 Å². The molecule has 0 bridgehead atoms. The van der Waals surface area contributed by atoms with Gasteiger partial charge in [0.15, 0.2) is 5.96 Å². The van der Waals surface area contributed by atoms with Gasteiger partial charge in [-0.05, 0) is 65.1 Å². The first-order valence-electron chi connectivity index (χ1n) is 8.90. The highest BCUT2D eigenvalue weighted by Gasteiger charge is 2.21. The summed E-state index contributed by atoms with van der Waals surface area (Å²) in [7, 11) is 0. The van der Waals surface area contributed by atoms with Crippen molar-refractivity contribution >= 4 is 41.3 Å². The Morgan fingerprint density at radius 1 is 1.38 bits per heavy atom. The van der Waals surface area contributed by atoms with Crippen LogP contribution < -0.4 is 10.6 Å². The van der Waals surface area contributed by atoms with Gasteiger partial charge in [0.05, 0.1) is 6.54 Å². The van der Waals surface area contributed by atoms with Crippen molar-refractivity contribution in [1.82, 2.24) is 15.5 Å². The van der Waals surface area contributed by atoms with Crippen molar-refractivity contribution in [2.75, 3.05) is 26.2 Å². The Morgan fingerprint density at radius 3 is 2.79 bits per heavy atom. The minimum absolute atomic E-state index is 0. The monoisotopic (exact) mass is 464 g/mol.